The van der Waals surface area contributed by atoms with E-state index < -0.39 is 11.8 Å². The summed E-state index contributed by atoms with van der Waals surface area (Å²) in [7, 11) is 0. The van der Waals surface area contributed by atoms with Crippen LogP contribution in [0.1, 0.15) is 12.1 Å². The molecule has 17 heavy (non-hydrogen) atoms. The van der Waals surface area contributed by atoms with E-state index in [9.17, 15) is 8.78 Å². The molecule has 0 bridgehead atoms. The van der Waals surface area contributed by atoms with Gasteiger partial charge in [0.15, 0.2) is 0 Å². The predicted octanol–water partition coefficient (Wildman–Crippen LogP) is 1.44. The van der Waals surface area contributed by atoms with Gasteiger partial charge in [0.25, 0.3) is 5.92 Å². The molecule has 1 atom stereocenters. The van der Waals surface area contributed by atoms with Gasteiger partial charge in [-0.3, -0.25) is 4.98 Å². The molecule has 0 saturated carbocycles. The molecule has 94 valence electrons. The van der Waals surface area contributed by atoms with E-state index in [-0.39, 0.29) is 13.1 Å². The standard InChI is InChI=1S/C11H16F2N4/c1-8-4-16-10(6-15-8)17-5-9-2-3-14-7-11(9,12)13/h4,6,9,14H,2-3,5,7H2,1H3,(H,16,17). The molecule has 0 aliphatic carbocycles. The van der Waals surface area contributed by atoms with Gasteiger partial charge in [0.1, 0.15) is 5.82 Å². The Morgan fingerprint density at radius 3 is 2.94 bits per heavy atom. The molecule has 1 aromatic heterocycles. The quantitative estimate of drug-likeness (QED) is 0.842. The molecule has 0 spiro atoms. The Kier molecular flexibility index (Phi) is 3.51. The number of hydrogen-bond acceptors (Lipinski definition) is 4. The molecular formula is C11H16F2N4. The summed E-state index contributed by atoms with van der Waals surface area (Å²) >= 11 is 0. The number of hydrogen-bond donors (Lipinski definition) is 2. The van der Waals surface area contributed by atoms with Gasteiger partial charge >= 0.3 is 0 Å². The van der Waals surface area contributed by atoms with Gasteiger partial charge in [-0.05, 0) is 19.9 Å². The molecule has 0 amide bonds. The minimum Gasteiger partial charge on any atom is -0.368 e. The van der Waals surface area contributed by atoms with Crippen molar-refractivity contribution in [3.8, 4) is 0 Å². The van der Waals surface area contributed by atoms with E-state index in [4.69, 9.17) is 0 Å². The number of aromatic nitrogens is 2. The Hall–Kier alpha value is -1.30. The molecule has 0 aromatic carbocycles. The van der Waals surface area contributed by atoms with Gasteiger partial charge in [-0.2, -0.15) is 0 Å². The average Bonchev–Trinajstić information content (AvgIpc) is 2.29. The number of anilines is 1. The molecule has 6 heteroatoms. The van der Waals surface area contributed by atoms with E-state index in [2.05, 4.69) is 20.6 Å². The maximum absolute atomic E-state index is 13.5. The van der Waals surface area contributed by atoms with Gasteiger partial charge in [0, 0.05) is 12.5 Å². The van der Waals surface area contributed by atoms with E-state index in [0.717, 1.165) is 5.69 Å². The Morgan fingerprint density at radius 2 is 2.29 bits per heavy atom. The summed E-state index contributed by atoms with van der Waals surface area (Å²) in [5.41, 5.74) is 0.808. The highest BCUT2D eigenvalue weighted by molar-refractivity contribution is 5.31. The van der Waals surface area contributed by atoms with Crippen LogP contribution in [0.2, 0.25) is 0 Å². The Balaban J connectivity index is 1.91. The molecule has 0 radical (unpaired) electrons. The zero-order valence-corrected chi connectivity index (χ0v) is 9.71. The van der Waals surface area contributed by atoms with Gasteiger partial charge in [-0.1, -0.05) is 0 Å². The van der Waals surface area contributed by atoms with Crippen molar-refractivity contribution in [2.24, 2.45) is 5.92 Å². The number of halogens is 2. The van der Waals surface area contributed by atoms with Gasteiger partial charge in [-0.25, -0.2) is 13.8 Å². The van der Waals surface area contributed by atoms with Crippen molar-refractivity contribution in [3.63, 3.8) is 0 Å². The molecule has 2 N–H and O–H groups in total. The summed E-state index contributed by atoms with van der Waals surface area (Å²) in [6, 6.07) is 0. The van der Waals surface area contributed by atoms with Crippen LogP contribution in [0, 0.1) is 12.8 Å². The minimum absolute atomic E-state index is 0.229. The molecule has 1 saturated heterocycles. The molecule has 1 aliphatic heterocycles. The van der Waals surface area contributed by atoms with Gasteiger partial charge < -0.3 is 10.6 Å². The largest absolute Gasteiger partial charge is 0.368 e. The van der Waals surface area contributed by atoms with Gasteiger partial charge in [-0.15, -0.1) is 0 Å². The molecule has 1 fully saturated rings. The van der Waals surface area contributed by atoms with Crippen molar-refractivity contribution < 1.29 is 8.78 Å². The van der Waals surface area contributed by atoms with Crippen LogP contribution in [0.15, 0.2) is 12.4 Å². The first kappa shape index (κ1) is 12.2. The van der Waals surface area contributed by atoms with Crippen LogP contribution in [0.25, 0.3) is 0 Å². The van der Waals surface area contributed by atoms with Crippen LogP contribution in [-0.2, 0) is 0 Å². The first-order valence-electron chi connectivity index (χ1n) is 5.69. The lowest BCUT2D eigenvalue weighted by Gasteiger charge is -2.31. The third-order valence-corrected chi connectivity index (χ3v) is 2.94. The van der Waals surface area contributed by atoms with Crippen LogP contribution in [0.5, 0.6) is 0 Å². The second-order valence-corrected chi connectivity index (χ2v) is 4.35. The van der Waals surface area contributed by atoms with E-state index in [1.807, 2.05) is 6.92 Å². The molecule has 4 nitrogen and oxygen atoms in total. The third kappa shape index (κ3) is 3.09. The number of nitrogens with one attached hydrogen (secondary N) is 2. The fraction of sp³-hybridized carbons (Fsp3) is 0.636. The highest BCUT2D eigenvalue weighted by atomic mass is 19.3. The molecular weight excluding hydrogens is 226 g/mol. The van der Waals surface area contributed by atoms with Crippen LogP contribution in [0.4, 0.5) is 14.6 Å². The number of aryl methyl sites for hydroxylation is 1. The number of nitrogens with zero attached hydrogens (tertiary/aromatic N) is 2. The maximum atomic E-state index is 13.5. The van der Waals surface area contributed by atoms with E-state index >= 15 is 0 Å². The Labute approximate surface area is 98.9 Å². The number of alkyl halides is 2. The average molecular weight is 242 g/mol. The molecule has 2 heterocycles. The first-order valence-corrected chi connectivity index (χ1v) is 5.69. The van der Waals surface area contributed by atoms with Crippen molar-refractivity contribution in [3.05, 3.63) is 18.1 Å². The highest BCUT2D eigenvalue weighted by Gasteiger charge is 2.41. The SMILES string of the molecule is Cc1cnc(NCC2CCNCC2(F)F)cn1. The van der Waals surface area contributed by atoms with Crippen LogP contribution < -0.4 is 10.6 Å². The van der Waals surface area contributed by atoms with Gasteiger partial charge in [0.05, 0.1) is 24.6 Å². The highest BCUT2D eigenvalue weighted by Crippen LogP contribution is 2.29. The summed E-state index contributed by atoms with van der Waals surface area (Å²) in [6.45, 7) is 2.46. The smallest absolute Gasteiger partial charge is 0.264 e. The minimum atomic E-state index is -2.65. The van der Waals surface area contributed by atoms with Crippen molar-refractivity contribution in [2.75, 3.05) is 25.0 Å². The van der Waals surface area contributed by atoms with Gasteiger partial charge in [0.2, 0.25) is 0 Å². The van der Waals surface area contributed by atoms with E-state index in [1.54, 1.807) is 12.4 Å². The monoisotopic (exact) mass is 242 g/mol. The number of rotatable bonds is 3. The lowest BCUT2D eigenvalue weighted by molar-refractivity contribution is -0.0678. The van der Waals surface area contributed by atoms with Crippen molar-refractivity contribution in [2.45, 2.75) is 19.3 Å². The molecule has 2 rings (SSSR count). The molecule has 1 aliphatic rings. The summed E-state index contributed by atoms with van der Waals surface area (Å²) < 4.78 is 27.0. The maximum Gasteiger partial charge on any atom is 0.264 e. The van der Waals surface area contributed by atoms with Crippen LogP contribution >= 0.6 is 0 Å². The Morgan fingerprint density at radius 1 is 1.47 bits per heavy atom. The number of piperidine rings is 1. The molecule has 1 unspecified atom stereocenters. The van der Waals surface area contributed by atoms with E-state index in [1.165, 1.54) is 0 Å². The normalized spacial score (nSPS) is 23.4. The lowest BCUT2D eigenvalue weighted by Crippen LogP contribution is -2.48. The second-order valence-electron chi connectivity index (χ2n) is 4.35. The zero-order valence-electron chi connectivity index (χ0n) is 9.71. The third-order valence-electron chi connectivity index (χ3n) is 2.94. The van der Waals surface area contributed by atoms with Crippen molar-refractivity contribution >= 4 is 5.82 Å². The summed E-state index contributed by atoms with van der Waals surface area (Å²) in [5, 5.41) is 5.62. The van der Waals surface area contributed by atoms with Crippen LogP contribution in [0.3, 0.4) is 0 Å². The summed E-state index contributed by atoms with van der Waals surface area (Å²) in [5.74, 6) is -2.75. The fourth-order valence-electron chi connectivity index (χ4n) is 1.85. The zero-order chi connectivity index (χ0) is 12.3. The fourth-order valence-corrected chi connectivity index (χ4v) is 1.85. The lowest BCUT2D eigenvalue weighted by atomic mass is 9.94. The predicted molar refractivity (Wildman–Crippen MR) is 61.2 cm³/mol. The summed E-state index contributed by atoms with van der Waals surface area (Å²) in [6.07, 6.45) is 3.65. The van der Waals surface area contributed by atoms with Crippen molar-refractivity contribution in [1.29, 1.82) is 0 Å². The Bertz CT molecular complexity index is 366. The topological polar surface area (TPSA) is 49.8 Å². The first-order chi connectivity index (χ1) is 8.08. The van der Waals surface area contributed by atoms with Crippen LogP contribution in [-0.4, -0.2) is 35.5 Å². The molecule has 1 aromatic rings. The van der Waals surface area contributed by atoms with E-state index in [0.29, 0.717) is 18.8 Å². The van der Waals surface area contributed by atoms with Crippen molar-refractivity contribution in [1.82, 2.24) is 15.3 Å². The summed E-state index contributed by atoms with van der Waals surface area (Å²) in [4.78, 5) is 8.13. The second kappa shape index (κ2) is 4.91.